The highest BCUT2D eigenvalue weighted by atomic mass is 32.1. The normalized spacial score (nSPS) is 10.9. The number of ether oxygens (including phenoxy) is 1. The fourth-order valence-corrected chi connectivity index (χ4v) is 3.92. The highest BCUT2D eigenvalue weighted by Crippen LogP contribution is 2.23. The SMILES string of the molecule is CCCCCOc1ccc(C(=O)Nc2ncc(Cc3ccc(C(C)C)cc3)s2)cc1. The molecule has 0 radical (unpaired) electrons. The Hall–Kier alpha value is -2.66. The minimum absolute atomic E-state index is 0.158. The van der Waals surface area contributed by atoms with E-state index in [-0.39, 0.29) is 5.91 Å². The van der Waals surface area contributed by atoms with Crippen molar-refractivity contribution in [1.29, 1.82) is 0 Å². The maximum Gasteiger partial charge on any atom is 0.257 e. The molecule has 1 aromatic heterocycles. The van der Waals surface area contributed by atoms with E-state index >= 15 is 0 Å². The van der Waals surface area contributed by atoms with Gasteiger partial charge in [0.1, 0.15) is 5.75 Å². The number of aromatic nitrogens is 1. The standard InChI is InChI=1S/C25H30N2O2S/c1-4-5-6-15-29-22-13-11-21(12-14-22)24(28)27-25-26-17-23(30-25)16-19-7-9-20(10-8-19)18(2)3/h7-14,17-18H,4-6,15-16H2,1-3H3,(H,26,27,28). The monoisotopic (exact) mass is 422 g/mol. The first-order valence-corrected chi connectivity index (χ1v) is 11.4. The summed E-state index contributed by atoms with van der Waals surface area (Å²) < 4.78 is 5.70. The van der Waals surface area contributed by atoms with E-state index in [1.807, 2.05) is 18.3 Å². The van der Waals surface area contributed by atoms with Crippen molar-refractivity contribution in [3.05, 3.63) is 76.3 Å². The number of benzene rings is 2. The van der Waals surface area contributed by atoms with E-state index in [1.54, 1.807) is 12.1 Å². The summed E-state index contributed by atoms with van der Waals surface area (Å²) in [4.78, 5) is 18.0. The zero-order valence-corrected chi connectivity index (χ0v) is 18.8. The highest BCUT2D eigenvalue weighted by molar-refractivity contribution is 7.15. The molecule has 1 amide bonds. The van der Waals surface area contributed by atoms with Gasteiger partial charge in [0.15, 0.2) is 5.13 Å². The van der Waals surface area contributed by atoms with E-state index in [0.29, 0.717) is 23.2 Å². The summed E-state index contributed by atoms with van der Waals surface area (Å²) in [5.74, 6) is 1.17. The van der Waals surface area contributed by atoms with Gasteiger partial charge in [0, 0.05) is 23.1 Å². The molecule has 0 aliphatic rings. The van der Waals surface area contributed by atoms with Crippen molar-refractivity contribution in [2.75, 3.05) is 11.9 Å². The number of unbranched alkanes of at least 4 members (excludes halogenated alkanes) is 2. The fraction of sp³-hybridized carbons (Fsp3) is 0.360. The molecule has 158 valence electrons. The molecule has 1 heterocycles. The number of nitrogens with one attached hydrogen (secondary N) is 1. The molecule has 1 N–H and O–H groups in total. The van der Waals surface area contributed by atoms with E-state index in [9.17, 15) is 4.79 Å². The zero-order chi connectivity index (χ0) is 21.3. The van der Waals surface area contributed by atoms with Crippen LogP contribution >= 0.6 is 11.3 Å². The van der Waals surface area contributed by atoms with Crippen LogP contribution in [0.5, 0.6) is 5.75 Å². The molecule has 30 heavy (non-hydrogen) atoms. The molecular formula is C25H30N2O2S. The van der Waals surface area contributed by atoms with Gasteiger partial charge in [-0.1, -0.05) is 57.9 Å². The third kappa shape index (κ3) is 6.42. The predicted octanol–water partition coefficient (Wildman–Crippen LogP) is 6.68. The van der Waals surface area contributed by atoms with Gasteiger partial charge in [-0.25, -0.2) is 4.98 Å². The van der Waals surface area contributed by atoms with Crippen LogP contribution < -0.4 is 10.1 Å². The molecule has 0 saturated carbocycles. The van der Waals surface area contributed by atoms with Gasteiger partial charge in [0.05, 0.1) is 6.61 Å². The number of thiazole rings is 1. The van der Waals surface area contributed by atoms with Crippen LogP contribution in [0.3, 0.4) is 0 Å². The van der Waals surface area contributed by atoms with Crippen LogP contribution in [0, 0.1) is 0 Å². The van der Waals surface area contributed by atoms with Crippen molar-refractivity contribution in [3.63, 3.8) is 0 Å². The second-order valence-electron chi connectivity index (χ2n) is 7.74. The van der Waals surface area contributed by atoms with Gasteiger partial charge in [-0.2, -0.15) is 0 Å². The second-order valence-corrected chi connectivity index (χ2v) is 8.85. The van der Waals surface area contributed by atoms with Crippen molar-refractivity contribution in [2.24, 2.45) is 0 Å². The Labute approximate surface area is 183 Å². The first-order chi connectivity index (χ1) is 14.5. The van der Waals surface area contributed by atoms with Crippen LogP contribution in [-0.4, -0.2) is 17.5 Å². The molecular weight excluding hydrogens is 392 g/mol. The van der Waals surface area contributed by atoms with Gasteiger partial charge in [-0.05, 0) is 47.7 Å². The van der Waals surface area contributed by atoms with Crippen LogP contribution in [0.4, 0.5) is 5.13 Å². The number of amides is 1. The van der Waals surface area contributed by atoms with Gasteiger partial charge in [-0.15, -0.1) is 11.3 Å². The lowest BCUT2D eigenvalue weighted by Crippen LogP contribution is -2.11. The molecule has 0 spiro atoms. The van der Waals surface area contributed by atoms with Gasteiger partial charge >= 0.3 is 0 Å². The van der Waals surface area contributed by atoms with Crippen LogP contribution in [0.25, 0.3) is 0 Å². The topological polar surface area (TPSA) is 51.2 Å². The summed E-state index contributed by atoms with van der Waals surface area (Å²) in [5.41, 5.74) is 3.18. The maximum absolute atomic E-state index is 12.5. The van der Waals surface area contributed by atoms with Crippen molar-refractivity contribution >= 4 is 22.4 Å². The van der Waals surface area contributed by atoms with Gasteiger partial charge in [0.25, 0.3) is 5.91 Å². The van der Waals surface area contributed by atoms with E-state index < -0.39 is 0 Å². The van der Waals surface area contributed by atoms with Crippen LogP contribution in [-0.2, 0) is 6.42 Å². The summed E-state index contributed by atoms with van der Waals surface area (Å²) in [6.45, 7) is 7.27. The Balaban J connectivity index is 1.53. The number of hydrogen-bond acceptors (Lipinski definition) is 4. The molecule has 0 aliphatic carbocycles. The highest BCUT2D eigenvalue weighted by Gasteiger charge is 2.10. The largest absolute Gasteiger partial charge is 0.494 e. The molecule has 0 saturated heterocycles. The van der Waals surface area contributed by atoms with E-state index in [0.717, 1.165) is 23.5 Å². The average molecular weight is 423 g/mol. The van der Waals surface area contributed by atoms with Crippen LogP contribution in [0.15, 0.2) is 54.7 Å². The molecule has 0 bridgehead atoms. The van der Waals surface area contributed by atoms with Crippen molar-refractivity contribution in [3.8, 4) is 5.75 Å². The van der Waals surface area contributed by atoms with Crippen LogP contribution in [0.1, 0.15) is 72.3 Å². The smallest absolute Gasteiger partial charge is 0.257 e. The number of carbonyl (C=O) groups is 1. The number of anilines is 1. The molecule has 0 aliphatic heterocycles. The van der Waals surface area contributed by atoms with Gasteiger partial charge in [0.2, 0.25) is 0 Å². The summed E-state index contributed by atoms with van der Waals surface area (Å²) in [6.07, 6.45) is 6.04. The third-order valence-electron chi connectivity index (χ3n) is 4.93. The third-order valence-corrected chi connectivity index (χ3v) is 5.84. The fourth-order valence-electron chi connectivity index (χ4n) is 3.08. The summed E-state index contributed by atoms with van der Waals surface area (Å²) in [5, 5.41) is 3.51. The predicted molar refractivity (Wildman–Crippen MR) is 125 cm³/mol. The molecule has 4 nitrogen and oxygen atoms in total. The van der Waals surface area contributed by atoms with E-state index in [2.05, 4.69) is 55.3 Å². The van der Waals surface area contributed by atoms with Crippen molar-refractivity contribution in [2.45, 2.75) is 52.4 Å². The quantitative estimate of drug-likeness (QED) is 0.371. The minimum atomic E-state index is -0.158. The first kappa shape index (κ1) is 22.0. The Morgan fingerprint density at radius 1 is 1.07 bits per heavy atom. The summed E-state index contributed by atoms with van der Waals surface area (Å²) in [7, 11) is 0. The minimum Gasteiger partial charge on any atom is -0.494 e. The van der Waals surface area contributed by atoms with Crippen LogP contribution in [0.2, 0.25) is 0 Å². The Bertz CT molecular complexity index is 931. The van der Waals surface area contributed by atoms with E-state index in [4.69, 9.17) is 4.74 Å². The molecule has 5 heteroatoms. The number of carbonyl (C=O) groups excluding carboxylic acids is 1. The first-order valence-electron chi connectivity index (χ1n) is 10.6. The number of rotatable bonds is 10. The molecule has 0 atom stereocenters. The number of hydrogen-bond donors (Lipinski definition) is 1. The van der Waals surface area contributed by atoms with Gasteiger partial charge < -0.3 is 4.74 Å². The molecule has 2 aromatic carbocycles. The molecule has 0 unspecified atom stereocenters. The lowest BCUT2D eigenvalue weighted by molar-refractivity contribution is 0.102. The maximum atomic E-state index is 12.5. The lowest BCUT2D eigenvalue weighted by Gasteiger charge is -2.07. The zero-order valence-electron chi connectivity index (χ0n) is 18.0. The van der Waals surface area contributed by atoms with E-state index in [1.165, 1.54) is 35.3 Å². The Morgan fingerprint density at radius 3 is 2.47 bits per heavy atom. The van der Waals surface area contributed by atoms with Gasteiger partial charge in [-0.3, -0.25) is 10.1 Å². The summed E-state index contributed by atoms with van der Waals surface area (Å²) in [6, 6.07) is 16.0. The Morgan fingerprint density at radius 2 is 1.80 bits per heavy atom. The summed E-state index contributed by atoms with van der Waals surface area (Å²) >= 11 is 1.51. The molecule has 3 aromatic rings. The molecule has 0 fully saturated rings. The molecule has 3 rings (SSSR count). The van der Waals surface area contributed by atoms with Crippen molar-refractivity contribution < 1.29 is 9.53 Å². The second kappa shape index (κ2) is 10.9. The Kier molecular flexibility index (Phi) is 8.03. The lowest BCUT2D eigenvalue weighted by atomic mass is 10.0. The average Bonchev–Trinajstić information content (AvgIpc) is 3.18. The number of nitrogens with zero attached hydrogens (tertiary/aromatic N) is 1. The van der Waals surface area contributed by atoms with Crippen molar-refractivity contribution in [1.82, 2.24) is 4.98 Å².